The Morgan fingerprint density at radius 1 is 1.19 bits per heavy atom. The van der Waals surface area contributed by atoms with Crippen LogP contribution in [-0.4, -0.2) is 54.3 Å². The van der Waals surface area contributed by atoms with E-state index in [0.717, 1.165) is 44.8 Å². The first kappa shape index (κ1) is 17.0. The second kappa shape index (κ2) is 8.28. The maximum absolute atomic E-state index is 12.2. The van der Waals surface area contributed by atoms with E-state index in [9.17, 15) is 4.79 Å². The van der Waals surface area contributed by atoms with Crippen LogP contribution >= 0.6 is 0 Å². The summed E-state index contributed by atoms with van der Waals surface area (Å²) >= 11 is 0. The van der Waals surface area contributed by atoms with Gasteiger partial charge in [0.2, 0.25) is 0 Å². The van der Waals surface area contributed by atoms with E-state index in [1.807, 2.05) is 0 Å². The Hall–Kier alpha value is -0.410. The normalized spacial score (nSPS) is 30.5. The summed E-state index contributed by atoms with van der Waals surface area (Å²) in [5.74, 6) is 1.66. The van der Waals surface area contributed by atoms with E-state index < -0.39 is 0 Å². The quantitative estimate of drug-likeness (QED) is 0.751. The molecule has 122 valence electrons. The number of rotatable bonds is 6. The highest BCUT2D eigenvalue weighted by Gasteiger charge is 2.30. The van der Waals surface area contributed by atoms with Gasteiger partial charge in [0.05, 0.1) is 0 Å². The first-order chi connectivity index (χ1) is 10.1. The van der Waals surface area contributed by atoms with Gasteiger partial charge in [0, 0.05) is 51.1 Å². The minimum Gasteiger partial charge on any atom is -0.300 e. The first-order valence-electron chi connectivity index (χ1n) is 9.13. The van der Waals surface area contributed by atoms with Crippen molar-refractivity contribution in [2.24, 2.45) is 11.8 Å². The van der Waals surface area contributed by atoms with Crippen LogP contribution in [-0.2, 0) is 4.79 Å². The summed E-state index contributed by atoms with van der Waals surface area (Å²) in [5.41, 5.74) is 0. The van der Waals surface area contributed by atoms with Crippen LogP contribution < -0.4 is 0 Å². The average Bonchev–Trinajstić information content (AvgIpc) is 2.51. The average molecular weight is 294 g/mol. The van der Waals surface area contributed by atoms with E-state index in [1.54, 1.807) is 0 Å². The van der Waals surface area contributed by atoms with Crippen LogP contribution in [0.25, 0.3) is 0 Å². The third-order valence-electron chi connectivity index (χ3n) is 5.67. The monoisotopic (exact) mass is 294 g/mol. The lowest BCUT2D eigenvalue weighted by atomic mass is 9.78. The molecule has 2 aliphatic rings. The van der Waals surface area contributed by atoms with Crippen LogP contribution in [0.5, 0.6) is 0 Å². The summed E-state index contributed by atoms with van der Waals surface area (Å²) in [4.78, 5) is 17.3. The number of carbonyl (C=O) groups is 1. The first-order valence-corrected chi connectivity index (χ1v) is 9.13. The number of carbonyl (C=O) groups excluding carboxylic acids is 1. The van der Waals surface area contributed by atoms with Gasteiger partial charge in [-0.25, -0.2) is 0 Å². The maximum Gasteiger partial charge on any atom is 0.137 e. The number of nitrogens with zero attached hydrogens (tertiary/aromatic N) is 2. The molecular formula is C18H34N2O. The fraction of sp³-hybridized carbons (Fsp3) is 0.944. The number of hydrogen-bond acceptors (Lipinski definition) is 3. The van der Waals surface area contributed by atoms with Crippen LogP contribution in [0.3, 0.4) is 0 Å². The SMILES string of the molecule is CCCC1CCC(=O)C(CN2CCN(C(C)CC)CC2)C1. The number of piperazine rings is 1. The molecule has 2 rings (SSSR count). The molecule has 0 aromatic carbocycles. The van der Waals surface area contributed by atoms with Crippen LogP contribution in [0, 0.1) is 11.8 Å². The molecule has 0 spiro atoms. The fourth-order valence-corrected chi connectivity index (χ4v) is 4.01. The predicted octanol–water partition coefficient (Wildman–Crippen LogP) is 3.19. The van der Waals surface area contributed by atoms with E-state index in [-0.39, 0.29) is 0 Å². The Labute approximate surface area is 131 Å². The Morgan fingerprint density at radius 2 is 1.90 bits per heavy atom. The summed E-state index contributed by atoms with van der Waals surface area (Å²) in [7, 11) is 0. The zero-order chi connectivity index (χ0) is 15.2. The Bertz CT molecular complexity index is 323. The van der Waals surface area contributed by atoms with Gasteiger partial charge in [-0.15, -0.1) is 0 Å². The zero-order valence-electron chi connectivity index (χ0n) is 14.3. The summed E-state index contributed by atoms with van der Waals surface area (Å²) in [6.07, 6.45) is 6.94. The molecule has 3 atom stereocenters. The van der Waals surface area contributed by atoms with Gasteiger partial charge in [0.15, 0.2) is 0 Å². The predicted molar refractivity (Wildman–Crippen MR) is 88.5 cm³/mol. The zero-order valence-corrected chi connectivity index (χ0v) is 14.3. The van der Waals surface area contributed by atoms with Crippen molar-refractivity contribution < 1.29 is 4.79 Å². The van der Waals surface area contributed by atoms with E-state index in [0.29, 0.717) is 17.7 Å². The number of ketones is 1. The Morgan fingerprint density at radius 3 is 2.52 bits per heavy atom. The molecular weight excluding hydrogens is 260 g/mol. The highest BCUT2D eigenvalue weighted by Crippen LogP contribution is 2.30. The minimum atomic E-state index is 0.324. The van der Waals surface area contributed by atoms with Gasteiger partial charge in [0.1, 0.15) is 5.78 Å². The topological polar surface area (TPSA) is 23.6 Å². The molecule has 0 amide bonds. The summed E-state index contributed by atoms with van der Waals surface area (Å²) in [6, 6.07) is 0.706. The summed E-state index contributed by atoms with van der Waals surface area (Å²) < 4.78 is 0. The maximum atomic E-state index is 12.2. The standard InChI is InChI=1S/C18H34N2O/c1-4-6-16-7-8-18(21)17(13-16)14-19-9-11-20(12-10-19)15(3)5-2/h15-17H,4-14H2,1-3H3. The molecule has 1 saturated heterocycles. The summed E-state index contributed by atoms with van der Waals surface area (Å²) in [5, 5.41) is 0. The number of hydrogen-bond donors (Lipinski definition) is 0. The van der Waals surface area contributed by atoms with Crippen molar-refractivity contribution in [1.82, 2.24) is 9.80 Å². The largest absolute Gasteiger partial charge is 0.300 e. The van der Waals surface area contributed by atoms with Crippen molar-refractivity contribution >= 4 is 5.78 Å². The smallest absolute Gasteiger partial charge is 0.137 e. The molecule has 3 nitrogen and oxygen atoms in total. The van der Waals surface area contributed by atoms with Crippen molar-refractivity contribution in [3.63, 3.8) is 0 Å². The Balaban J connectivity index is 1.78. The Kier molecular flexibility index (Phi) is 6.69. The van der Waals surface area contributed by atoms with Gasteiger partial charge in [-0.05, 0) is 32.1 Å². The fourth-order valence-electron chi connectivity index (χ4n) is 4.01. The molecule has 0 radical (unpaired) electrons. The van der Waals surface area contributed by atoms with Crippen LogP contribution in [0.1, 0.15) is 59.3 Å². The highest BCUT2D eigenvalue weighted by atomic mass is 16.1. The van der Waals surface area contributed by atoms with Crippen molar-refractivity contribution in [3.8, 4) is 0 Å². The lowest BCUT2D eigenvalue weighted by Crippen LogP contribution is -2.51. The van der Waals surface area contributed by atoms with Crippen LogP contribution in [0.2, 0.25) is 0 Å². The molecule has 21 heavy (non-hydrogen) atoms. The van der Waals surface area contributed by atoms with Gasteiger partial charge in [0.25, 0.3) is 0 Å². The van der Waals surface area contributed by atoms with Gasteiger partial charge >= 0.3 is 0 Å². The van der Waals surface area contributed by atoms with Gasteiger partial charge in [-0.1, -0.05) is 26.7 Å². The molecule has 3 unspecified atom stereocenters. The van der Waals surface area contributed by atoms with E-state index >= 15 is 0 Å². The number of Topliss-reactive ketones (excluding diaryl/α,β-unsaturated/α-hetero) is 1. The highest BCUT2D eigenvalue weighted by molar-refractivity contribution is 5.81. The van der Waals surface area contributed by atoms with Crippen molar-refractivity contribution in [2.75, 3.05) is 32.7 Å². The molecule has 1 aliphatic heterocycles. The van der Waals surface area contributed by atoms with Gasteiger partial charge in [-0.3, -0.25) is 9.69 Å². The molecule has 3 heteroatoms. The third kappa shape index (κ3) is 4.79. The third-order valence-corrected chi connectivity index (χ3v) is 5.67. The lowest BCUT2D eigenvalue weighted by Gasteiger charge is -2.40. The second-order valence-electron chi connectivity index (χ2n) is 7.19. The van der Waals surface area contributed by atoms with E-state index in [4.69, 9.17) is 0 Å². The van der Waals surface area contributed by atoms with Crippen LogP contribution in [0.4, 0.5) is 0 Å². The second-order valence-corrected chi connectivity index (χ2v) is 7.19. The van der Waals surface area contributed by atoms with E-state index in [2.05, 4.69) is 30.6 Å². The molecule has 0 N–H and O–H groups in total. The van der Waals surface area contributed by atoms with Crippen LogP contribution in [0.15, 0.2) is 0 Å². The molecule has 0 bridgehead atoms. The molecule has 0 aromatic heterocycles. The van der Waals surface area contributed by atoms with Crippen molar-refractivity contribution in [1.29, 1.82) is 0 Å². The molecule has 0 aromatic rings. The molecule has 1 aliphatic carbocycles. The van der Waals surface area contributed by atoms with E-state index in [1.165, 1.54) is 32.4 Å². The van der Waals surface area contributed by atoms with Gasteiger partial charge < -0.3 is 4.90 Å². The summed E-state index contributed by atoms with van der Waals surface area (Å²) in [6.45, 7) is 12.5. The van der Waals surface area contributed by atoms with Gasteiger partial charge in [-0.2, -0.15) is 0 Å². The van der Waals surface area contributed by atoms with Crippen molar-refractivity contribution in [3.05, 3.63) is 0 Å². The lowest BCUT2D eigenvalue weighted by molar-refractivity contribution is -0.126. The molecule has 1 heterocycles. The molecule has 2 fully saturated rings. The molecule has 1 saturated carbocycles. The minimum absolute atomic E-state index is 0.324. The van der Waals surface area contributed by atoms with Crippen molar-refractivity contribution in [2.45, 2.75) is 65.3 Å².